The highest BCUT2D eigenvalue weighted by molar-refractivity contribution is 7.19. The van der Waals surface area contributed by atoms with Crippen molar-refractivity contribution in [1.82, 2.24) is 30.1 Å². The minimum absolute atomic E-state index is 0.573. The Morgan fingerprint density at radius 3 is 2.68 bits per heavy atom. The molecule has 0 N–H and O–H groups in total. The van der Waals surface area contributed by atoms with Crippen molar-refractivity contribution in [2.45, 2.75) is 27.2 Å². The molecule has 4 aromatic rings. The fourth-order valence-electron chi connectivity index (χ4n) is 2.25. The second kappa shape index (κ2) is 4.73. The second-order valence-electron chi connectivity index (χ2n) is 5.02. The lowest BCUT2D eigenvalue weighted by Crippen LogP contribution is -1.99. The summed E-state index contributed by atoms with van der Waals surface area (Å²) in [5.41, 5.74) is 2.58. The van der Waals surface area contributed by atoms with Gasteiger partial charge in [0, 0.05) is 18.1 Å². The Bertz CT molecular complexity index is 943. The summed E-state index contributed by atoms with van der Waals surface area (Å²) in [6.45, 7) is 5.65. The molecule has 0 aliphatic carbocycles. The Labute approximate surface area is 128 Å². The van der Waals surface area contributed by atoms with E-state index in [9.17, 15) is 0 Å². The third-order valence-corrected chi connectivity index (χ3v) is 4.34. The molecule has 9 heteroatoms. The number of nitrogens with zero attached hydrogens (tertiary/aromatic N) is 6. The van der Waals surface area contributed by atoms with Crippen LogP contribution in [0.25, 0.3) is 15.7 Å². The maximum Gasteiger partial charge on any atom is 0.235 e. The fourth-order valence-corrected chi connectivity index (χ4v) is 3.06. The van der Waals surface area contributed by atoms with Crippen LogP contribution in [0, 0.1) is 20.8 Å². The predicted molar refractivity (Wildman–Crippen MR) is 77.7 cm³/mol. The molecule has 0 bridgehead atoms. The zero-order valence-electron chi connectivity index (χ0n) is 12.2. The molecule has 4 heterocycles. The molecule has 0 aliphatic heterocycles. The van der Waals surface area contributed by atoms with Crippen molar-refractivity contribution >= 4 is 16.3 Å². The summed E-state index contributed by atoms with van der Waals surface area (Å²) in [4.78, 5) is 0.720. The van der Waals surface area contributed by atoms with Gasteiger partial charge >= 0.3 is 0 Å². The van der Waals surface area contributed by atoms with Gasteiger partial charge in [0.25, 0.3) is 0 Å². The summed E-state index contributed by atoms with van der Waals surface area (Å²) >= 11 is 1.42. The Kier molecular flexibility index (Phi) is 2.83. The quantitative estimate of drug-likeness (QED) is 0.572. The van der Waals surface area contributed by atoms with Gasteiger partial charge < -0.3 is 9.05 Å². The van der Waals surface area contributed by atoms with Crippen molar-refractivity contribution < 1.29 is 9.05 Å². The van der Waals surface area contributed by atoms with Crippen molar-refractivity contribution in [3.63, 3.8) is 0 Å². The first kappa shape index (κ1) is 13.1. The van der Waals surface area contributed by atoms with Crippen LogP contribution in [0.3, 0.4) is 0 Å². The second-order valence-corrected chi connectivity index (χ2v) is 5.98. The summed E-state index contributed by atoms with van der Waals surface area (Å²) in [6, 6.07) is 1.85. The molecule has 0 saturated carbocycles. The topological polar surface area (TPSA) is 95.1 Å². The summed E-state index contributed by atoms with van der Waals surface area (Å²) in [5.74, 6) is 2.28. The first-order chi connectivity index (χ1) is 10.6. The zero-order valence-corrected chi connectivity index (χ0v) is 13.0. The lowest BCUT2D eigenvalue weighted by atomic mass is 10.1. The molecule has 4 rings (SSSR count). The monoisotopic (exact) mass is 316 g/mol. The lowest BCUT2D eigenvalue weighted by molar-refractivity contribution is 0.392. The summed E-state index contributed by atoms with van der Waals surface area (Å²) in [6.07, 6.45) is 0.573. The van der Waals surface area contributed by atoms with Gasteiger partial charge in [-0.15, -0.1) is 10.2 Å². The Balaban J connectivity index is 1.75. The molecule has 8 nitrogen and oxygen atoms in total. The number of rotatable bonds is 3. The highest BCUT2D eigenvalue weighted by Gasteiger charge is 2.18. The molecule has 0 aromatic carbocycles. The van der Waals surface area contributed by atoms with Gasteiger partial charge in [-0.05, 0) is 20.8 Å². The summed E-state index contributed by atoms with van der Waals surface area (Å²) in [7, 11) is 0. The van der Waals surface area contributed by atoms with Crippen molar-refractivity contribution in [1.29, 1.82) is 0 Å². The van der Waals surface area contributed by atoms with Crippen LogP contribution in [0.5, 0.6) is 0 Å². The molecule has 22 heavy (non-hydrogen) atoms. The fraction of sp³-hybridized carbons (Fsp3) is 0.308. The number of aromatic nitrogens is 6. The van der Waals surface area contributed by atoms with E-state index in [2.05, 4.69) is 25.6 Å². The summed E-state index contributed by atoms with van der Waals surface area (Å²) < 4.78 is 12.0. The molecule has 0 aliphatic rings. The van der Waals surface area contributed by atoms with Crippen molar-refractivity contribution in [3.8, 4) is 10.7 Å². The first-order valence-electron chi connectivity index (χ1n) is 6.68. The highest BCUT2D eigenvalue weighted by Crippen LogP contribution is 2.26. The van der Waals surface area contributed by atoms with Crippen LogP contribution in [0.1, 0.15) is 28.6 Å². The molecule has 4 aromatic heterocycles. The molecule has 0 unspecified atom stereocenters. The van der Waals surface area contributed by atoms with Gasteiger partial charge in [0.1, 0.15) is 17.2 Å². The molecule has 0 amide bonds. The molecule has 0 spiro atoms. The molecular weight excluding hydrogens is 304 g/mol. The van der Waals surface area contributed by atoms with Crippen molar-refractivity contribution in [3.05, 3.63) is 34.7 Å². The van der Waals surface area contributed by atoms with Gasteiger partial charge in [-0.1, -0.05) is 21.7 Å². The Morgan fingerprint density at radius 1 is 1.14 bits per heavy atom. The van der Waals surface area contributed by atoms with Crippen LogP contribution in [0.4, 0.5) is 0 Å². The molecule has 0 radical (unpaired) electrons. The SMILES string of the molecule is Cc1cc(-c2nn3c(Cc4c(C)noc4C)nnc3s2)no1. The number of aryl methyl sites for hydroxylation is 3. The molecule has 0 fully saturated rings. The average Bonchev–Trinajstić information content (AvgIpc) is 3.21. The van der Waals surface area contributed by atoms with E-state index in [0.29, 0.717) is 12.1 Å². The number of fused-ring (bicyclic) bond motifs is 1. The Morgan fingerprint density at radius 2 is 2.00 bits per heavy atom. The standard InChI is InChI=1S/C13H12N6O2S/c1-6-4-10(18-20-6)12-16-19-11(14-15-13(19)22-12)5-9-7(2)17-21-8(9)3/h4H,5H2,1-3H3. The average molecular weight is 316 g/mol. The molecule has 0 atom stereocenters. The van der Waals surface area contributed by atoms with Gasteiger partial charge in [0.05, 0.1) is 5.69 Å². The van der Waals surface area contributed by atoms with Crippen LogP contribution in [-0.2, 0) is 6.42 Å². The van der Waals surface area contributed by atoms with Gasteiger partial charge in [-0.25, -0.2) is 0 Å². The van der Waals surface area contributed by atoms with Crippen LogP contribution >= 0.6 is 11.3 Å². The normalized spacial score (nSPS) is 11.6. The Hall–Kier alpha value is -2.55. The third-order valence-electron chi connectivity index (χ3n) is 3.42. The van der Waals surface area contributed by atoms with Crippen molar-refractivity contribution in [2.24, 2.45) is 0 Å². The minimum Gasteiger partial charge on any atom is -0.361 e. The van der Waals surface area contributed by atoms with E-state index in [1.807, 2.05) is 26.8 Å². The number of hydrogen-bond donors (Lipinski definition) is 0. The van der Waals surface area contributed by atoms with E-state index in [0.717, 1.165) is 38.6 Å². The van der Waals surface area contributed by atoms with Gasteiger partial charge in [0.15, 0.2) is 10.8 Å². The van der Waals surface area contributed by atoms with E-state index < -0.39 is 0 Å². The van der Waals surface area contributed by atoms with Crippen LogP contribution in [0.2, 0.25) is 0 Å². The van der Waals surface area contributed by atoms with E-state index >= 15 is 0 Å². The van der Waals surface area contributed by atoms with Crippen LogP contribution < -0.4 is 0 Å². The van der Waals surface area contributed by atoms with Crippen LogP contribution in [-0.4, -0.2) is 30.1 Å². The minimum atomic E-state index is 0.573. The van der Waals surface area contributed by atoms with E-state index in [1.165, 1.54) is 11.3 Å². The molecular formula is C13H12N6O2S. The van der Waals surface area contributed by atoms with E-state index in [-0.39, 0.29) is 0 Å². The maximum absolute atomic E-state index is 5.19. The third kappa shape index (κ3) is 2.01. The first-order valence-corrected chi connectivity index (χ1v) is 7.50. The van der Waals surface area contributed by atoms with Crippen LogP contribution in [0.15, 0.2) is 15.1 Å². The summed E-state index contributed by atoms with van der Waals surface area (Å²) in [5, 5.41) is 21.6. The molecule has 112 valence electrons. The van der Waals surface area contributed by atoms with Crippen molar-refractivity contribution in [2.75, 3.05) is 0 Å². The number of hydrogen-bond acceptors (Lipinski definition) is 8. The van der Waals surface area contributed by atoms with E-state index in [4.69, 9.17) is 9.05 Å². The smallest absolute Gasteiger partial charge is 0.235 e. The van der Waals surface area contributed by atoms with E-state index in [1.54, 1.807) is 4.52 Å². The zero-order chi connectivity index (χ0) is 15.3. The molecule has 0 saturated heterocycles. The predicted octanol–water partition coefficient (Wildman–Crippen LogP) is 2.34. The highest BCUT2D eigenvalue weighted by atomic mass is 32.1. The van der Waals surface area contributed by atoms with Gasteiger partial charge in [-0.2, -0.15) is 9.61 Å². The lowest BCUT2D eigenvalue weighted by Gasteiger charge is -1.96. The van der Waals surface area contributed by atoms with Gasteiger partial charge in [-0.3, -0.25) is 0 Å². The largest absolute Gasteiger partial charge is 0.361 e. The maximum atomic E-state index is 5.19. The van der Waals surface area contributed by atoms with Gasteiger partial charge in [0.2, 0.25) is 4.96 Å².